The Morgan fingerprint density at radius 2 is 2.06 bits per heavy atom. The lowest BCUT2D eigenvalue weighted by Gasteiger charge is -2.03. The van der Waals surface area contributed by atoms with Gasteiger partial charge in [0.15, 0.2) is 0 Å². The Labute approximate surface area is 92.1 Å². The van der Waals surface area contributed by atoms with E-state index in [1.54, 1.807) is 23.5 Å². The molecule has 0 saturated carbocycles. The van der Waals surface area contributed by atoms with E-state index in [-0.39, 0.29) is 5.56 Å². The summed E-state index contributed by atoms with van der Waals surface area (Å²) in [5.74, 6) is -0.984. The van der Waals surface area contributed by atoms with Crippen molar-refractivity contribution >= 4 is 5.97 Å². The van der Waals surface area contributed by atoms with Crippen molar-refractivity contribution in [3.05, 3.63) is 23.5 Å². The summed E-state index contributed by atoms with van der Waals surface area (Å²) in [6, 6.07) is 1.84. The smallest absolute Gasteiger partial charge is 0.339 e. The molecule has 0 aromatic carbocycles. The molecule has 0 fully saturated rings. The van der Waals surface area contributed by atoms with E-state index in [1.807, 2.05) is 13.0 Å². The summed E-state index contributed by atoms with van der Waals surface area (Å²) in [7, 11) is 3.49. The van der Waals surface area contributed by atoms with E-state index in [4.69, 9.17) is 5.11 Å². The molecule has 6 nitrogen and oxygen atoms in total. The molecule has 0 aliphatic heterocycles. The number of aryl methyl sites for hydroxylation is 3. The molecule has 1 N–H and O–H groups in total. The van der Waals surface area contributed by atoms with Gasteiger partial charge in [0.1, 0.15) is 11.3 Å². The van der Waals surface area contributed by atoms with Gasteiger partial charge in [0, 0.05) is 14.1 Å². The molecule has 2 rings (SSSR count). The number of aromatic nitrogens is 4. The first-order valence-corrected chi connectivity index (χ1v) is 4.77. The van der Waals surface area contributed by atoms with Crippen molar-refractivity contribution in [2.75, 3.05) is 0 Å². The Kier molecular flexibility index (Phi) is 2.26. The summed E-state index contributed by atoms with van der Waals surface area (Å²) in [5.41, 5.74) is 2.34. The SMILES string of the molecule is Cc1cc(-c2c(C(=O)O)cnn2C)n(C)n1. The van der Waals surface area contributed by atoms with Gasteiger partial charge in [-0.15, -0.1) is 0 Å². The van der Waals surface area contributed by atoms with Crippen LogP contribution in [0, 0.1) is 6.92 Å². The van der Waals surface area contributed by atoms with Crippen molar-refractivity contribution in [2.24, 2.45) is 14.1 Å². The van der Waals surface area contributed by atoms with E-state index < -0.39 is 5.97 Å². The predicted octanol–water partition coefficient (Wildman–Crippen LogP) is 0.827. The largest absolute Gasteiger partial charge is 0.478 e. The van der Waals surface area contributed by atoms with Gasteiger partial charge >= 0.3 is 5.97 Å². The molecular weight excluding hydrogens is 208 g/mol. The van der Waals surface area contributed by atoms with Gasteiger partial charge in [-0.25, -0.2) is 4.79 Å². The van der Waals surface area contributed by atoms with Gasteiger partial charge in [0.2, 0.25) is 0 Å². The van der Waals surface area contributed by atoms with Crippen LogP contribution in [-0.4, -0.2) is 30.6 Å². The highest BCUT2D eigenvalue weighted by atomic mass is 16.4. The summed E-state index contributed by atoms with van der Waals surface area (Å²) < 4.78 is 3.19. The number of rotatable bonds is 2. The van der Waals surface area contributed by atoms with Gasteiger partial charge in [-0.3, -0.25) is 9.36 Å². The van der Waals surface area contributed by atoms with E-state index >= 15 is 0 Å². The fourth-order valence-corrected chi connectivity index (χ4v) is 1.73. The van der Waals surface area contributed by atoms with Crippen molar-refractivity contribution in [3.8, 4) is 11.4 Å². The maximum Gasteiger partial charge on any atom is 0.339 e. The van der Waals surface area contributed by atoms with E-state index in [0.29, 0.717) is 5.69 Å². The number of carboxylic acid groups (broad SMARTS) is 1. The Balaban J connectivity index is 2.67. The minimum Gasteiger partial charge on any atom is -0.478 e. The lowest BCUT2D eigenvalue weighted by atomic mass is 10.2. The van der Waals surface area contributed by atoms with Crippen LogP contribution in [0.15, 0.2) is 12.3 Å². The molecule has 0 unspecified atom stereocenters. The third-order valence-corrected chi connectivity index (χ3v) is 2.41. The number of carboxylic acids is 1. The van der Waals surface area contributed by atoms with Crippen LogP contribution < -0.4 is 0 Å². The van der Waals surface area contributed by atoms with E-state index in [9.17, 15) is 4.79 Å². The molecule has 0 aliphatic rings. The van der Waals surface area contributed by atoms with Crippen LogP contribution >= 0.6 is 0 Å². The zero-order valence-corrected chi connectivity index (χ0v) is 9.30. The summed E-state index contributed by atoms with van der Waals surface area (Å²) in [6.45, 7) is 1.86. The summed E-state index contributed by atoms with van der Waals surface area (Å²) in [6.07, 6.45) is 1.35. The van der Waals surface area contributed by atoms with Gasteiger partial charge in [-0.2, -0.15) is 10.2 Å². The van der Waals surface area contributed by atoms with E-state index in [1.165, 1.54) is 6.20 Å². The standard InChI is InChI=1S/C10H12N4O2/c1-6-4-8(13(2)12-6)9-7(10(15)16)5-11-14(9)3/h4-5H,1-3H3,(H,15,16). The molecule has 0 atom stereocenters. The minimum absolute atomic E-state index is 0.186. The highest BCUT2D eigenvalue weighted by Gasteiger charge is 2.19. The molecule has 0 saturated heterocycles. The summed E-state index contributed by atoms with van der Waals surface area (Å²) >= 11 is 0. The molecule has 0 spiro atoms. The average Bonchev–Trinajstić information content (AvgIpc) is 2.69. The molecule has 0 aliphatic carbocycles. The van der Waals surface area contributed by atoms with Crippen LogP contribution in [0.1, 0.15) is 16.1 Å². The van der Waals surface area contributed by atoms with Crippen LogP contribution in [-0.2, 0) is 14.1 Å². The summed E-state index contributed by atoms with van der Waals surface area (Å²) in [5, 5.41) is 17.2. The van der Waals surface area contributed by atoms with Crippen LogP contribution in [0.5, 0.6) is 0 Å². The first-order chi connectivity index (χ1) is 7.50. The fraction of sp³-hybridized carbons (Fsp3) is 0.300. The fourth-order valence-electron chi connectivity index (χ4n) is 1.73. The molecular formula is C10H12N4O2. The molecule has 2 aromatic rings. The highest BCUT2D eigenvalue weighted by Crippen LogP contribution is 2.23. The van der Waals surface area contributed by atoms with Crippen molar-refractivity contribution in [1.82, 2.24) is 19.6 Å². The van der Waals surface area contributed by atoms with Crippen molar-refractivity contribution < 1.29 is 9.90 Å². The van der Waals surface area contributed by atoms with Crippen LogP contribution in [0.2, 0.25) is 0 Å². The van der Waals surface area contributed by atoms with Crippen molar-refractivity contribution in [3.63, 3.8) is 0 Å². The Morgan fingerprint density at radius 3 is 2.56 bits per heavy atom. The molecule has 2 heterocycles. The number of aromatic carboxylic acids is 1. The molecule has 2 aromatic heterocycles. The monoisotopic (exact) mass is 220 g/mol. The Bertz CT molecular complexity index is 553. The lowest BCUT2D eigenvalue weighted by molar-refractivity contribution is 0.0697. The van der Waals surface area contributed by atoms with Gasteiger partial charge in [-0.05, 0) is 13.0 Å². The number of carbonyl (C=O) groups is 1. The molecule has 0 bridgehead atoms. The Morgan fingerprint density at radius 1 is 1.38 bits per heavy atom. The van der Waals surface area contributed by atoms with Gasteiger partial charge in [-0.1, -0.05) is 0 Å². The van der Waals surface area contributed by atoms with E-state index in [0.717, 1.165) is 11.4 Å². The second kappa shape index (κ2) is 3.48. The van der Waals surface area contributed by atoms with Gasteiger partial charge in [0.05, 0.1) is 17.6 Å². The van der Waals surface area contributed by atoms with Crippen LogP contribution in [0.3, 0.4) is 0 Å². The van der Waals surface area contributed by atoms with Gasteiger partial charge < -0.3 is 5.11 Å². The van der Waals surface area contributed by atoms with Crippen LogP contribution in [0.25, 0.3) is 11.4 Å². The average molecular weight is 220 g/mol. The first-order valence-electron chi connectivity index (χ1n) is 4.77. The lowest BCUT2D eigenvalue weighted by Crippen LogP contribution is -2.04. The molecule has 0 amide bonds. The second-order valence-corrected chi connectivity index (χ2v) is 3.63. The Hall–Kier alpha value is -2.11. The zero-order valence-electron chi connectivity index (χ0n) is 9.30. The molecule has 84 valence electrons. The number of hydrogen-bond donors (Lipinski definition) is 1. The maximum atomic E-state index is 11.0. The highest BCUT2D eigenvalue weighted by molar-refractivity contribution is 5.94. The normalized spacial score (nSPS) is 10.7. The third-order valence-electron chi connectivity index (χ3n) is 2.41. The number of hydrogen-bond acceptors (Lipinski definition) is 3. The predicted molar refractivity (Wildman–Crippen MR) is 57.1 cm³/mol. The maximum absolute atomic E-state index is 11.0. The summed E-state index contributed by atoms with van der Waals surface area (Å²) in [4.78, 5) is 11.0. The molecule has 0 radical (unpaired) electrons. The first kappa shape index (κ1) is 10.4. The molecule has 16 heavy (non-hydrogen) atoms. The van der Waals surface area contributed by atoms with Crippen molar-refractivity contribution in [1.29, 1.82) is 0 Å². The zero-order chi connectivity index (χ0) is 11.9. The van der Waals surface area contributed by atoms with Crippen molar-refractivity contribution in [2.45, 2.75) is 6.92 Å². The topological polar surface area (TPSA) is 72.9 Å². The second-order valence-electron chi connectivity index (χ2n) is 3.63. The van der Waals surface area contributed by atoms with E-state index in [2.05, 4.69) is 10.2 Å². The quantitative estimate of drug-likeness (QED) is 0.813. The van der Waals surface area contributed by atoms with Gasteiger partial charge in [0.25, 0.3) is 0 Å². The minimum atomic E-state index is -0.984. The van der Waals surface area contributed by atoms with Crippen LogP contribution in [0.4, 0.5) is 0 Å². The molecule has 6 heteroatoms. The number of nitrogens with zero attached hydrogens (tertiary/aromatic N) is 4. The third kappa shape index (κ3) is 1.48.